The molecule has 4 nitrogen and oxygen atoms in total. The van der Waals surface area contributed by atoms with Crippen molar-refractivity contribution in [2.75, 3.05) is 6.54 Å². The molecule has 1 amide bonds. The molecule has 98 valence electrons. The second kappa shape index (κ2) is 5.32. The first-order chi connectivity index (χ1) is 8.49. The Balaban J connectivity index is 2.24. The van der Waals surface area contributed by atoms with Gasteiger partial charge in [0, 0.05) is 18.0 Å². The van der Waals surface area contributed by atoms with Crippen LogP contribution in [0.25, 0.3) is 5.57 Å². The molecule has 0 bridgehead atoms. The molecule has 6 heteroatoms. The summed E-state index contributed by atoms with van der Waals surface area (Å²) < 4.78 is 0.743. The van der Waals surface area contributed by atoms with E-state index in [9.17, 15) is 9.90 Å². The first kappa shape index (κ1) is 13.4. The van der Waals surface area contributed by atoms with Crippen LogP contribution < -0.4 is 0 Å². The number of carboxylic acid groups (broad SMARTS) is 1. The predicted octanol–water partition coefficient (Wildman–Crippen LogP) is 3.22. The molecule has 1 aromatic heterocycles. The SMILES string of the molecule is CC(C)[C@@H]1CC(c2csc(S)n2)=CCN1C(=O)O. The smallest absolute Gasteiger partial charge is 0.407 e. The van der Waals surface area contributed by atoms with Gasteiger partial charge in [-0.05, 0) is 17.9 Å². The maximum absolute atomic E-state index is 11.2. The molecule has 1 aromatic rings. The van der Waals surface area contributed by atoms with Gasteiger partial charge >= 0.3 is 6.09 Å². The Kier molecular flexibility index (Phi) is 3.97. The van der Waals surface area contributed by atoms with Crippen LogP contribution in [0.1, 0.15) is 26.0 Å². The fraction of sp³-hybridized carbons (Fsp3) is 0.500. The van der Waals surface area contributed by atoms with E-state index in [4.69, 9.17) is 0 Å². The van der Waals surface area contributed by atoms with E-state index in [0.717, 1.165) is 22.0 Å². The van der Waals surface area contributed by atoms with Gasteiger partial charge in [0.2, 0.25) is 0 Å². The van der Waals surface area contributed by atoms with E-state index in [1.807, 2.05) is 11.5 Å². The minimum absolute atomic E-state index is 0.0209. The molecule has 0 fully saturated rings. The fourth-order valence-corrected chi connectivity index (χ4v) is 3.04. The molecule has 0 aliphatic carbocycles. The zero-order chi connectivity index (χ0) is 13.3. The minimum atomic E-state index is -0.850. The Labute approximate surface area is 116 Å². The second-order valence-corrected chi connectivity index (χ2v) is 6.28. The molecule has 1 aliphatic rings. The van der Waals surface area contributed by atoms with E-state index < -0.39 is 6.09 Å². The predicted molar refractivity (Wildman–Crippen MR) is 75.3 cm³/mol. The van der Waals surface area contributed by atoms with Crippen LogP contribution in [0.4, 0.5) is 4.79 Å². The van der Waals surface area contributed by atoms with Crippen molar-refractivity contribution in [1.82, 2.24) is 9.88 Å². The second-order valence-electron chi connectivity index (χ2n) is 4.70. The molecule has 0 spiro atoms. The molecule has 1 atom stereocenters. The van der Waals surface area contributed by atoms with Crippen LogP contribution in [0.15, 0.2) is 15.8 Å². The van der Waals surface area contributed by atoms with Crippen molar-refractivity contribution in [3.8, 4) is 0 Å². The molecule has 0 radical (unpaired) electrons. The number of nitrogens with zero attached hydrogens (tertiary/aromatic N) is 2. The highest BCUT2D eigenvalue weighted by Gasteiger charge is 2.30. The van der Waals surface area contributed by atoms with Gasteiger partial charge < -0.3 is 10.0 Å². The maximum atomic E-state index is 11.2. The number of aromatic nitrogens is 1. The fourth-order valence-electron chi connectivity index (χ4n) is 2.20. The van der Waals surface area contributed by atoms with Gasteiger partial charge in [0.15, 0.2) is 0 Å². The van der Waals surface area contributed by atoms with Crippen LogP contribution in [0, 0.1) is 5.92 Å². The first-order valence-corrected chi connectivity index (χ1v) is 7.15. The van der Waals surface area contributed by atoms with Gasteiger partial charge in [0.05, 0.1) is 5.69 Å². The number of carbonyl (C=O) groups is 1. The lowest BCUT2D eigenvalue weighted by molar-refractivity contribution is 0.115. The number of hydrogen-bond donors (Lipinski definition) is 2. The van der Waals surface area contributed by atoms with Crippen molar-refractivity contribution in [2.45, 2.75) is 30.6 Å². The Morgan fingerprint density at radius 2 is 2.39 bits per heavy atom. The Morgan fingerprint density at radius 1 is 1.67 bits per heavy atom. The average molecular weight is 284 g/mol. The summed E-state index contributed by atoms with van der Waals surface area (Å²) in [4.78, 5) is 17.0. The highest BCUT2D eigenvalue weighted by molar-refractivity contribution is 7.82. The monoisotopic (exact) mass is 284 g/mol. The Bertz CT molecular complexity index is 482. The average Bonchev–Trinajstić information content (AvgIpc) is 2.75. The van der Waals surface area contributed by atoms with Crippen LogP contribution in [-0.4, -0.2) is 33.7 Å². The molecule has 0 saturated carbocycles. The van der Waals surface area contributed by atoms with Gasteiger partial charge in [0.25, 0.3) is 0 Å². The Hall–Kier alpha value is -1.01. The summed E-state index contributed by atoms with van der Waals surface area (Å²) in [6, 6.07) is 0.0209. The standard InChI is InChI=1S/C12H16N2O2S2/c1-7(2)10-5-8(3-4-14(10)12(15)16)9-6-18-11(17)13-9/h3,6-7,10H,4-5H2,1-2H3,(H,13,17)(H,15,16)/t10-/m0/s1. The van der Waals surface area contributed by atoms with Crippen LogP contribution in [0.2, 0.25) is 0 Å². The summed E-state index contributed by atoms with van der Waals surface area (Å²) in [6.07, 6.45) is 1.83. The van der Waals surface area contributed by atoms with E-state index in [0.29, 0.717) is 12.5 Å². The number of rotatable bonds is 2. The van der Waals surface area contributed by atoms with Gasteiger partial charge in [-0.1, -0.05) is 19.9 Å². The van der Waals surface area contributed by atoms with Crippen molar-refractivity contribution >= 4 is 35.6 Å². The van der Waals surface area contributed by atoms with Crippen LogP contribution >= 0.6 is 24.0 Å². The first-order valence-electron chi connectivity index (χ1n) is 5.82. The molecule has 1 aliphatic heterocycles. The third-order valence-electron chi connectivity index (χ3n) is 3.20. The summed E-state index contributed by atoms with van der Waals surface area (Å²) in [7, 11) is 0. The van der Waals surface area contributed by atoms with Gasteiger partial charge in [0.1, 0.15) is 4.34 Å². The summed E-state index contributed by atoms with van der Waals surface area (Å²) in [6.45, 7) is 4.54. The highest BCUT2D eigenvalue weighted by atomic mass is 32.2. The summed E-state index contributed by atoms with van der Waals surface area (Å²) in [5.74, 6) is 0.291. The molecule has 0 saturated heterocycles. The molecule has 0 aromatic carbocycles. The van der Waals surface area contributed by atoms with Gasteiger partial charge in [-0.25, -0.2) is 9.78 Å². The van der Waals surface area contributed by atoms with Gasteiger partial charge in [-0.15, -0.1) is 24.0 Å². The number of thiol groups is 1. The van der Waals surface area contributed by atoms with E-state index in [1.54, 1.807) is 0 Å². The van der Waals surface area contributed by atoms with E-state index in [2.05, 4.69) is 31.5 Å². The van der Waals surface area contributed by atoms with Gasteiger partial charge in [-0.2, -0.15) is 0 Å². The Morgan fingerprint density at radius 3 is 2.89 bits per heavy atom. The van der Waals surface area contributed by atoms with Crippen molar-refractivity contribution in [2.24, 2.45) is 5.92 Å². The molecule has 1 N–H and O–H groups in total. The van der Waals surface area contributed by atoms with E-state index in [-0.39, 0.29) is 6.04 Å². The van der Waals surface area contributed by atoms with Crippen molar-refractivity contribution in [3.63, 3.8) is 0 Å². The quantitative estimate of drug-likeness (QED) is 0.820. The molecule has 2 rings (SSSR count). The minimum Gasteiger partial charge on any atom is -0.465 e. The summed E-state index contributed by atoms with van der Waals surface area (Å²) >= 11 is 5.71. The molecular formula is C12H16N2O2S2. The largest absolute Gasteiger partial charge is 0.465 e. The number of amides is 1. The number of thiazole rings is 1. The molecular weight excluding hydrogens is 268 g/mol. The van der Waals surface area contributed by atoms with Gasteiger partial charge in [-0.3, -0.25) is 0 Å². The highest BCUT2D eigenvalue weighted by Crippen LogP contribution is 2.31. The lowest BCUT2D eigenvalue weighted by Gasteiger charge is -2.35. The summed E-state index contributed by atoms with van der Waals surface area (Å²) in [5.41, 5.74) is 2.06. The zero-order valence-electron chi connectivity index (χ0n) is 10.3. The maximum Gasteiger partial charge on any atom is 0.407 e. The van der Waals surface area contributed by atoms with Crippen LogP contribution in [-0.2, 0) is 0 Å². The van der Waals surface area contributed by atoms with E-state index >= 15 is 0 Å². The lowest BCUT2D eigenvalue weighted by Crippen LogP contribution is -2.44. The number of hydrogen-bond acceptors (Lipinski definition) is 4. The van der Waals surface area contributed by atoms with Crippen LogP contribution in [0.3, 0.4) is 0 Å². The lowest BCUT2D eigenvalue weighted by atomic mass is 9.91. The third-order valence-corrected chi connectivity index (χ3v) is 4.26. The normalized spacial score (nSPS) is 20.1. The zero-order valence-corrected chi connectivity index (χ0v) is 12.0. The van der Waals surface area contributed by atoms with Crippen LogP contribution in [0.5, 0.6) is 0 Å². The topological polar surface area (TPSA) is 53.4 Å². The van der Waals surface area contributed by atoms with Crippen molar-refractivity contribution in [1.29, 1.82) is 0 Å². The molecule has 18 heavy (non-hydrogen) atoms. The van der Waals surface area contributed by atoms with Crippen molar-refractivity contribution in [3.05, 3.63) is 17.2 Å². The molecule has 2 heterocycles. The van der Waals surface area contributed by atoms with E-state index in [1.165, 1.54) is 16.2 Å². The van der Waals surface area contributed by atoms with Crippen molar-refractivity contribution < 1.29 is 9.90 Å². The third kappa shape index (κ3) is 2.70. The summed E-state index contributed by atoms with van der Waals surface area (Å²) in [5, 5.41) is 11.2. The molecule has 0 unspecified atom stereocenters.